The number of fused-ring (bicyclic) bond motifs is 1. The highest BCUT2D eigenvalue weighted by molar-refractivity contribution is 5.99. The molecule has 0 spiro atoms. The lowest BCUT2D eigenvalue weighted by Gasteiger charge is -2.13. The number of pyridine rings is 1. The molecule has 5 heteroatoms. The molecule has 3 rings (SSSR count). The minimum absolute atomic E-state index is 0.220. The number of nitrogens with zero attached hydrogens (tertiary/aromatic N) is 1. The first-order valence-electron chi connectivity index (χ1n) is 7.24. The van der Waals surface area contributed by atoms with E-state index in [0.717, 1.165) is 16.5 Å². The van der Waals surface area contributed by atoms with Crippen molar-refractivity contribution < 1.29 is 19.1 Å². The summed E-state index contributed by atoms with van der Waals surface area (Å²) in [6.07, 6.45) is -0.654. The monoisotopic (exact) mass is 299 g/mol. The summed E-state index contributed by atoms with van der Waals surface area (Å²) in [4.78, 5) is 28.5. The highest BCUT2D eigenvalue weighted by Crippen LogP contribution is 2.25. The Balaban J connectivity index is 1.96. The molecule has 2 heterocycles. The summed E-state index contributed by atoms with van der Waals surface area (Å²) < 4.78 is 10.3. The van der Waals surface area contributed by atoms with Gasteiger partial charge in [-0.1, -0.05) is 18.2 Å². The van der Waals surface area contributed by atoms with E-state index in [-0.39, 0.29) is 6.10 Å². The van der Waals surface area contributed by atoms with E-state index in [9.17, 15) is 9.59 Å². The Bertz CT molecular complexity index is 769. The lowest BCUT2D eigenvalue weighted by Crippen LogP contribution is -2.24. The number of aryl methyl sites for hydroxylation is 2. The van der Waals surface area contributed by atoms with Crippen LogP contribution in [-0.2, 0) is 14.3 Å². The van der Waals surface area contributed by atoms with Crippen molar-refractivity contribution in [2.45, 2.75) is 39.4 Å². The van der Waals surface area contributed by atoms with Gasteiger partial charge in [0, 0.05) is 11.8 Å². The number of benzene rings is 1. The number of esters is 2. The van der Waals surface area contributed by atoms with Gasteiger partial charge in [-0.2, -0.15) is 0 Å². The summed E-state index contributed by atoms with van der Waals surface area (Å²) >= 11 is 0. The Morgan fingerprint density at radius 2 is 2.05 bits per heavy atom. The average Bonchev–Trinajstić information content (AvgIpc) is 2.76. The molecule has 0 radical (unpaired) electrons. The maximum absolute atomic E-state index is 12.5. The van der Waals surface area contributed by atoms with Crippen LogP contribution in [0.25, 0.3) is 10.9 Å². The molecule has 2 atom stereocenters. The SMILES string of the molecule is Cc1nc2ccccc2c(C)c1C(=O)OC1CC(C)OC1=O. The van der Waals surface area contributed by atoms with Crippen LogP contribution in [0.4, 0.5) is 0 Å². The molecular weight excluding hydrogens is 282 g/mol. The normalized spacial score (nSPS) is 21.0. The first-order chi connectivity index (χ1) is 10.5. The molecule has 2 unspecified atom stereocenters. The van der Waals surface area contributed by atoms with Crippen molar-refractivity contribution in [2.75, 3.05) is 0 Å². The zero-order chi connectivity index (χ0) is 15.9. The highest BCUT2D eigenvalue weighted by Gasteiger charge is 2.35. The van der Waals surface area contributed by atoms with Crippen molar-refractivity contribution in [3.05, 3.63) is 41.1 Å². The number of aromatic nitrogens is 1. The van der Waals surface area contributed by atoms with Gasteiger partial charge in [-0.05, 0) is 32.4 Å². The van der Waals surface area contributed by atoms with Crippen molar-refractivity contribution >= 4 is 22.8 Å². The van der Waals surface area contributed by atoms with Gasteiger partial charge in [0.25, 0.3) is 0 Å². The number of carbonyl (C=O) groups excluding carboxylic acids is 2. The second kappa shape index (κ2) is 5.40. The maximum Gasteiger partial charge on any atom is 0.347 e. The molecule has 1 aliphatic rings. The van der Waals surface area contributed by atoms with Crippen LogP contribution in [0.5, 0.6) is 0 Å². The van der Waals surface area contributed by atoms with Gasteiger partial charge in [0.15, 0.2) is 0 Å². The number of cyclic esters (lactones) is 1. The number of hydrogen-bond donors (Lipinski definition) is 0. The summed E-state index contributed by atoms with van der Waals surface area (Å²) in [5.41, 5.74) is 2.67. The second-order valence-electron chi connectivity index (χ2n) is 5.59. The fourth-order valence-electron chi connectivity index (χ4n) is 2.84. The van der Waals surface area contributed by atoms with Gasteiger partial charge in [-0.25, -0.2) is 9.59 Å². The third-order valence-electron chi connectivity index (χ3n) is 3.91. The zero-order valence-electron chi connectivity index (χ0n) is 12.8. The first-order valence-corrected chi connectivity index (χ1v) is 7.24. The molecule has 1 aliphatic heterocycles. The van der Waals surface area contributed by atoms with Crippen LogP contribution in [0.3, 0.4) is 0 Å². The Kier molecular flexibility index (Phi) is 3.56. The predicted octanol–water partition coefficient (Wildman–Crippen LogP) is 2.71. The average molecular weight is 299 g/mol. The largest absolute Gasteiger partial charge is 0.460 e. The standard InChI is InChI=1S/C17H17NO4/c1-9-8-14(16(19)21-9)22-17(20)15-10(2)12-6-4-5-7-13(12)18-11(15)3/h4-7,9,14H,8H2,1-3H3. The Labute approximate surface area is 128 Å². The summed E-state index contributed by atoms with van der Waals surface area (Å²) in [7, 11) is 0. The van der Waals surface area contributed by atoms with Crippen molar-refractivity contribution in [3.63, 3.8) is 0 Å². The number of carbonyl (C=O) groups is 2. The third-order valence-corrected chi connectivity index (χ3v) is 3.91. The highest BCUT2D eigenvalue weighted by atomic mass is 16.6. The topological polar surface area (TPSA) is 65.5 Å². The molecule has 1 fully saturated rings. The maximum atomic E-state index is 12.5. The molecular formula is C17H17NO4. The molecule has 0 amide bonds. The number of rotatable bonds is 2. The molecule has 0 N–H and O–H groups in total. The summed E-state index contributed by atoms with van der Waals surface area (Å²) in [5, 5.41) is 0.905. The van der Waals surface area contributed by atoms with Crippen LogP contribution >= 0.6 is 0 Å². The van der Waals surface area contributed by atoms with E-state index < -0.39 is 18.0 Å². The Hall–Kier alpha value is -2.43. The molecule has 2 aromatic rings. The first kappa shape index (κ1) is 14.5. The van der Waals surface area contributed by atoms with Gasteiger partial charge in [0.1, 0.15) is 6.10 Å². The van der Waals surface area contributed by atoms with E-state index in [1.165, 1.54) is 0 Å². The Morgan fingerprint density at radius 1 is 1.32 bits per heavy atom. The molecule has 114 valence electrons. The van der Waals surface area contributed by atoms with Crippen LogP contribution in [-0.4, -0.2) is 29.1 Å². The van der Waals surface area contributed by atoms with Gasteiger partial charge < -0.3 is 9.47 Å². The summed E-state index contributed by atoms with van der Waals surface area (Å²) in [5.74, 6) is -1.01. The number of hydrogen-bond acceptors (Lipinski definition) is 5. The van der Waals surface area contributed by atoms with Crippen LogP contribution in [0.15, 0.2) is 24.3 Å². The Morgan fingerprint density at radius 3 is 2.73 bits per heavy atom. The van der Waals surface area contributed by atoms with Gasteiger partial charge in [0.2, 0.25) is 6.10 Å². The zero-order valence-corrected chi connectivity index (χ0v) is 12.8. The van der Waals surface area contributed by atoms with Crippen LogP contribution < -0.4 is 0 Å². The van der Waals surface area contributed by atoms with Gasteiger partial charge in [-0.15, -0.1) is 0 Å². The van der Waals surface area contributed by atoms with Crippen molar-refractivity contribution in [1.29, 1.82) is 0 Å². The van der Waals surface area contributed by atoms with E-state index >= 15 is 0 Å². The van der Waals surface area contributed by atoms with Crippen LogP contribution in [0.2, 0.25) is 0 Å². The smallest absolute Gasteiger partial charge is 0.347 e. The van der Waals surface area contributed by atoms with E-state index in [1.807, 2.05) is 31.2 Å². The number of para-hydroxylation sites is 1. The molecule has 0 bridgehead atoms. The fourth-order valence-corrected chi connectivity index (χ4v) is 2.84. The van der Waals surface area contributed by atoms with Crippen LogP contribution in [0, 0.1) is 13.8 Å². The second-order valence-corrected chi connectivity index (χ2v) is 5.59. The van der Waals surface area contributed by atoms with Crippen LogP contribution in [0.1, 0.15) is 35.0 Å². The van der Waals surface area contributed by atoms with Crippen molar-refractivity contribution in [3.8, 4) is 0 Å². The number of ether oxygens (including phenoxy) is 2. The van der Waals surface area contributed by atoms with Crippen molar-refractivity contribution in [2.24, 2.45) is 0 Å². The lowest BCUT2D eigenvalue weighted by atomic mass is 10.0. The molecule has 1 aromatic heterocycles. The molecule has 1 aromatic carbocycles. The molecule has 1 saturated heterocycles. The molecule has 0 saturated carbocycles. The van der Waals surface area contributed by atoms with Crippen molar-refractivity contribution in [1.82, 2.24) is 4.98 Å². The predicted molar refractivity (Wildman–Crippen MR) is 80.6 cm³/mol. The fraction of sp³-hybridized carbons (Fsp3) is 0.353. The molecule has 0 aliphatic carbocycles. The van der Waals surface area contributed by atoms with E-state index in [0.29, 0.717) is 17.7 Å². The van der Waals surface area contributed by atoms with Gasteiger partial charge >= 0.3 is 11.9 Å². The molecule has 5 nitrogen and oxygen atoms in total. The summed E-state index contributed by atoms with van der Waals surface area (Å²) in [6, 6.07) is 7.62. The third kappa shape index (κ3) is 2.43. The van der Waals surface area contributed by atoms with E-state index in [1.54, 1.807) is 13.8 Å². The summed E-state index contributed by atoms with van der Waals surface area (Å²) in [6.45, 7) is 5.41. The lowest BCUT2D eigenvalue weighted by molar-refractivity contribution is -0.147. The molecule has 22 heavy (non-hydrogen) atoms. The van der Waals surface area contributed by atoms with Gasteiger partial charge in [0.05, 0.1) is 16.8 Å². The van der Waals surface area contributed by atoms with E-state index in [2.05, 4.69) is 4.98 Å². The minimum Gasteiger partial charge on any atom is -0.460 e. The quantitative estimate of drug-likeness (QED) is 0.798. The van der Waals surface area contributed by atoms with Gasteiger partial charge in [-0.3, -0.25) is 4.98 Å². The minimum atomic E-state index is -0.826. The van der Waals surface area contributed by atoms with E-state index in [4.69, 9.17) is 9.47 Å².